The summed E-state index contributed by atoms with van der Waals surface area (Å²) in [5.41, 5.74) is 1.19. The Balaban J connectivity index is 1.91. The largest absolute Gasteiger partial charge is 0.357 e. The lowest BCUT2D eigenvalue weighted by molar-refractivity contribution is -0.126. The predicted octanol–water partition coefficient (Wildman–Crippen LogP) is 1.98. The van der Waals surface area contributed by atoms with Crippen LogP contribution in [0.4, 0.5) is 0 Å². The van der Waals surface area contributed by atoms with Gasteiger partial charge in [-0.1, -0.05) is 24.3 Å². The zero-order valence-electron chi connectivity index (χ0n) is 12.6. The van der Waals surface area contributed by atoms with Crippen LogP contribution in [-0.4, -0.2) is 41.3 Å². The second-order valence-electron chi connectivity index (χ2n) is 5.51. The molecule has 5 nitrogen and oxygen atoms in total. The molecule has 1 atom stereocenters. The van der Waals surface area contributed by atoms with Gasteiger partial charge in [-0.25, -0.2) is 4.98 Å². The van der Waals surface area contributed by atoms with E-state index in [0.29, 0.717) is 18.7 Å². The zero-order valence-corrected chi connectivity index (χ0v) is 12.6. The number of likely N-dealkylation sites (N-methyl/N-ethyl adjacent to an activating group) is 1. The number of rotatable bonds is 2. The summed E-state index contributed by atoms with van der Waals surface area (Å²) in [4.78, 5) is 30.9. The summed E-state index contributed by atoms with van der Waals surface area (Å²) in [6.07, 6.45) is 2.60. The normalized spacial score (nSPS) is 18.2. The molecule has 2 aromatic rings. The van der Waals surface area contributed by atoms with Gasteiger partial charge in [-0.3, -0.25) is 9.59 Å². The quantitative estimate of drug-likeness (QED) is 0.922. The smallest absolute Gasteiger partial charge is 0.273 e. The van der Waals surface area contributed by atoms with Crippen molar-refractivity contribution >= 4 is 22.7 Å². The summed E-state index contributed by atoms with van der Waals surface area (Å²) in [6, 6.07) is 10.9. The molecule has 1 aromatic heterocycles. The molecule has 0 radical (unpaired) electrons. The number of amides is 2. The van der Waals surface area contributed by atoms with Gasteiger partial charge in [0, 0.05) is 19.0 Å². The monoisotopic (exact) mass is 297 g/mol. The van der Waals surface area contributed by atoms with Crippen molar-refractivity contribution in [2.45, 2.75) is 25.3 Å². The number of benzene rings is 1. The van der Waals surface area contributed by atoms with E-state index in [4.69, 9.17) is 0 Å². The fourth-order valence-corrected chi connectivity index (χ4v) is 2.95. The Morgan fingerprint density at radius 3 is 2.82 bits per heavy atom. The van der Waals surface area contributed by atoms with Crippen LogP contribution in [0.3, 0.4) is 0 Å². The van der Waals surface area contributed by atoms with E-state index in [1.165, 1.54) is 0 Å². The van der Waals surface area contributed by atoms with E-state index in [0.717, 1.165) is 23.7 Å². The Bertz CT molecular complexity index is 714. The van der Waals surface area contributed by atoms with Crippen molar-refractivity contribution in [1.82, 2.24) is 15.2 Å². The van der Waals surface area contributed by atoms with E-state index >= 15 is 0 Å². The van der Waals surface area contributed by atoms with Gasteiger partial charge in [-0.05, 0) is 31.4 Å². The van der Waals surface area contributed by atoms with Crippen molar-refractivity contribution in [3.05, 3.63) is 42.1 Å². The molecule has 0 aliphatic carbocycles. The molecule has 2 heterocycles. The lowest BCUT2D eigenvalue weighted by Gasteiger charge is -2.34. The molecule has 2 amide bonds. The number of piperidine rings is 1. The molecule has 0 unspecified atom stereocenters. The van der Waals surface area contributed by atoms with Gasteiger partial charge >= 0.3 is 0 Å². The Hall–Kier alpha value is -2.43. The number of hydrogen-bond acceptors (Lipinski definition) is 3. The third-order valence-electron chi connectivity index (χ3n) is 4.13. The SMILES string of the molecule is CNC(=O)[C@@H]1CCCCN1C(=O)c1ccc2ccccc2n1. The van der Waals surface area contributed by atoms with Crippen LogP contribution in [0.2, 0.25) is 0 Å². The van der Waals surface area contributed by atoms with Crippen LogP contribution in [0.15, 0.2) is 36.4 Å². The lowest BCUT2D eigenvalue weighted by Crippen LogP contribution is -2.51. The third kappa shape index (κ3) is 2.66. The highest BCUT2D eigenvalue weighted by Crippen LogP contribution is 2.20. The molecule has 1 aromatic carbocycles. The molecule has 1 N–H and O–H groups in total. The number of likely N-dealkylation sites (tertiary alicyclic amines) is 1. The van der Waals surface area contributed by atoms with E-state index in [1.54, 1.807) is 18.0 Å². The molecule has 1 fully saturated rings. The van der Waals surface area contributed by atoms with Crippen LogP contribution in [0, 0.1) is 0 Å². The Morgan fingerprint density at radius 2 is 2.00 bits per heavy atom. The van der Waals surface area contributed by atoms with Crippen LogP contribution in [0.5, 0.6) is 0 Å². The standard InChI is InChI=1S/C17H19N3O2/c1-18-16(21)15-8-4-5-11-20(15)17(22)14-10-9-12-6-2-3-7-13(12)19-14/h2-3,6-7,9-10,15H,4-5,8,11H2,1H3,(H,18,21)/t15-/m0/s1. The number of aromatic nitrogens is 1. The molecule has 0 spiro atoms. The average molecular weight is 297 g/mol. The fourth-order valence-electron chi connectivity index (χ4n) is 2.95. The first kappa shape index (κ1) is 14.5. The molecule has 3 rings (SSSR count). The van der Waals surface area contributed by atoms with E-state index < -0.39 is 0 Å². The number of carbonyl (C=O) groups is 2. The number of pyridine rings is 1. The second kappa shape index (κ2) is 6.13. The minimum Gasteiger partial charge on any atom is -0.357 e. The Labute approximate surface area is 129 Å². The number of nitrogens with one attached hydrogen (secondary N) is 1. The molecular formula is C17H19N3O2. The highest BCUT2D eigenvalue weighted by Gasteiger charge is 2.32. The summed E-state index contributed by atoms with van der Waals surface area (Å²) in [6.45, 7) is 0.603. The van der Waals surface area contributed by atoms with Gasteiger partial charge in [0.1, 0.15) is 11.7 Å². The number of para-hydroxylation sites is 1. The minimum absolute atomic E-state index is 0.103. The average Bonchev–Trinajstić information content (AvgIpc) is 2.60. The summed E-state index contributed by atoms with van der Waals surface area (Å²) in [5, 5.41) is 3.65. The van der Waals surface area contributed by atoms with E-state index in [1.807, 2.05) is 30.3 Å². The first-order chi connectivity index (χ1) is 10.7. The highest BCUT2D eigenvalue weighted by molar-refractivity contribution is 5.98. The molecule has 22 heavy (non-hydrogen) atoms. The van der Waals surface area contributed by atoms with Gasteiger partial charge in [0.05, 0.1) is 5.52 Å². The maximum atomic E-state index is 12.8. The zero-order chi connectivity index (χ0) is 15.5. The Morgan fingerprint density at radius 1 is 1.18 bits per heavy atom. The van der Waals surface area contributed by atoms with Crippen LogP contribution in [0.1, 0.15) is 29.8 Å². The van der Waals surface area contributed by atoms with Gasteiger partial charge in [0.25, 0.3) is 5.91 Å². The van der Waals surface area contributed by atoms with Crippen LogP contribution < -0.4 is 5.32 Å². The maximum absolute atomic E-state index is 12.8. The summed E-state index contributed by atoms with van der Waals surface area (Å²) in [7, 11) is 1.61. The van der Waals surface area contributed by atoms with Crippen molar-refractivity contribution in [3.63, 3.8) is 0 Å². The van der Waals surface area contributed by atoms with Crippen LogP contribution >= 0.6 is 0 Å². The van der Waals surface area contributed by atoms with Gasteiger partial charge in [-0.2, -0.15) is 0 Å². The molecule has 1 saturated heterocycles. The highest BCUT2D eigenvalue weighted by atomic mass is 16.2. The van der Waals surface area contributed by atoms with E-state index in [-0.39, 0.29) is 17.9 Å². The minimum atomic E-state index is -0.389. The molecule has 0 saturated carbocycles. The Kier molecular flexibility index (Phi) is 4.04. The second-order valence-corrected chi connectivity index (χ2v) is 5.51. The van der Waals surface area contributed by atoms with Gasteiger partial charge in [0.2, 0.25) is 5.91 Å². The first-order valence-corrected chi connectivity index (χ1v) is 7.59. The van der Waals surface area contributed by atoms with E-state index in [2.05, 4.69) is 10.3 Å². The number of hydrogen-bond donors (Lipinski definition) is 1. The van der Waals surface area contributed by atoms with Gasteiger partial charge in [0.15, 0.2) is 0 Å². The first-order valence-electron chi connectivity index (χ1n) is 7.59. The molecule has 5 heteroatoms. The number of nitrogens with zero attached hydrogens (tertiary/aromatic N) is 2. The van der Waals surface area contributed by atoms with Crippen LogP contribution in [0.25, 0.3) is 10.9 Å². The topological polar surface area (TPSA) is 62.3 Å². The van der Waals surface area contributed by atoms with Crippen LogP contribution in [-0.2, 0) is 4.79 Å². The number of carbonyl (C=O) groups excluding carboxylic acids is 2. The summed E-state index contributed by atoms with van der Waals surface area (Å²) < 4.78 is 0. The molecule has 114 valence electrons. The van der Waals surface area contributed by atoms with Crippen molar-refractivity contribution in [3.8, 4) is 0 Å². The predicted molar refractivity (Wildman–Crippen MR) is 84.5 cm³/mol. The fraction of sp³-hybridized carbons (Fsp3) is 0.353. The van der Waals surface area contributed by atoms with Crippen molar-refractivity contribution in [2.24, 2.45) is 0 Å². The lowest BCUT2D eigenvalue weighted by atomic mass is 10.0. The van der Waals surface area contributed by atoms with Gasteiger partial charge in [-0.15, -0.1) is 0 Å². The molecule has 1 aliphatic rings. The van der Waals surface area contributed by atoms with Crippen molar-refractivity contribution in [1.29, 1.82) is 0 Å². The number of fused-ring (bicyclic) bond motifs is 1. The molecule has 0 bridgehead atoms. The van der Waals surface area contributed by atoms with Gasteiger partial charge < -0.3 is 10.2 Å². The summed E-state index contributed by atoms with van der Waals surface area (Å²) >= 11 is 0. The van der Waals surface area contributed by atoms with Crippen molar-refractivity contribution in [2.75, 3.05) is 13.6 Å². The molecular weight excluding hydrogens is 278 g/mol. The summed E-state index contributed by atoms with van der Waals surface area (Å²) in [5.74, 6) is -0.270. The third-order valence-corrected chi connectivity index (χ3v) is 4.13. The maximum Gasteiger partial charge on any atom is 0.273 e. The van der Waals surface area contributed by atoms with Crippen molar-refractivity contribution < 1.29 is 9.59 Å². The van der Waals surface area contributed by atoms with E-state index in [9.17, 15) is 9.59 Å². The molecule has 1 aliphatic heterocycles.